The zero-order chi connectivity index (χ0) is 22.1. The van der Waals surface area contributed by atoms with Gasteiger partial charge in [-0.3, -0.25) is 4.79 Å². The van der Waals surface area contributed by atoms with Gasteiger partial charge in [0, 0.05) is 12.1 Å². The smallest absolute Gasteiger partial charge is 0.445 e. The molecule has 0 aliphatic rings. The first-order chi connectivity index (χ1) is 14.2. The number of nitrogens with one attached hydrogen (secondary N) is 2. The van der Waals surface area contributed by atoms with E-state index < -0.39 is 30.2 Å². The van der Waals surface area contributed by atoms with Crippen molar-refractivity contribution in [3.63, 3.8) is 0 Å². The van der Waals surface area contributed by atoms with E-state index in [0.717, 1.165) is 11.6 Å². The van der Waals surface area contributed by atoms with Gasteiger partial charge in [0.15, 0.2) is 0 Å². The van der Waals surface area contributed by atoms with Crippen molar-refractivity contribution in [1.29, 1.82) is 0 Å². The normalized spacial score (nSPS) is 12.2. The Kier molecular flexibility index (Phi) is 8.08. The molecule has 0 saturated heterocycles. The second kappa shape index (κ2) is 10.5. The topological polar surface area (TPSA) is 76.7 Å². The minimum absolute atomic E-state index is 0.0429. The number of alkyl carbamates (subject to hydrolysis) is 1. The molecule has 1 atom stereocenters. The lowest BCUT2D eigenvalue weighted by molar-refractivity contribution is -0.274. The molecule has 2 N–H and O–H groups in total. The first-order valence-electron chi connectivity index (χ1n) is 9.24. The van der Waals surface area contributed by atoms with E-state index in [0.29, 0.717) is 0 Å². The fourth-order valence-electron chi connectivity index (χ4n) is 2.59. The lowest BCUT2D eigenvalue weighted by Gasteiger charge is -2.22. The van der Waals surface area contributed by atoms with Crippen LogP contribution in [0.3, 0.4) is 0 Å². The van der Waals surface area contributed by atoms with Crippen LogP contribution < -0.4 is 15.4 Å². The molecule has 2 rings (SSSR count). The van der Waals surface area contributed by atoms with E-state index >= 15 is 0 Å². The first kappa shape index (κ1) is 23.1. The quantitative estimate of drug-likeness (QED) is 0.668. The number of hydrogen-bond acceptors (Lipinski definition) is 4. The summed E-state index contributed by atoms with van der Waals surface area (Å²) in [6.07, 6.45) is -5.61. The maximum absolute atomic E-state index is 12.5. The molecule has 0 saturated carbocycles. The van der Waals surface area contributed by atoms with Gasteiger partial charge < -0.3 is 20.1 Å². The zero-order valence-corrected chi connectivity index (χ0v) is 16.5. The van der Waals surface area contributed by atoms with Crippen LogP contribution in [0.1, 0.15) is 25.0 Å². The third kappa shape index (κ3) is 7.65. The number of para-hydroxylation sites is 1. The highest BCUT2D eigenvalue weighted by molar-refractivity contribution is 5.85. The summed E-state index contributed by atoms with van der Waals surface area (Å²) in [6, 6.07) is 13.6. The molecule has 0 heterocycles. The maximum atomic E-state index is 12.5. The lowest BCUT2D eigenvalue weighted by atomic mass is 10.0. The predicted molar refractivity (Wildman–Crippen MR) is 103 cm³/mol. The molecule has 0 aliphatic heterocycles. The largest absolute Gasteiger partial charge is 0.573 e. The molecule has 2 aromatic rings. The highest BCUT2D eigenvalue weighted by Crippen LogP contribution is 2.26. The van der Waals surface area contributed by atoms with E-state index in [4.69, 9.17) is 4.74 Å². The molecule has 2 aromatic carbocycles. The van der Waals surface area contributed by atoms with E-state index in [1.807, 2.05) is 6.07 Å². The average molecular weight is 424 g/mol. The molecule has 162 valence electrons. The van der Waals surface area contributed by atoms with Gasteiger partial charge in [-0.25, -0.2) is 4.79 Å². The molecule has 0 fully saturated rings. The van der Waals surface area contributed by atoms with Crippen LogP contribution in [-0.2, 0) is 22.7 Å². The average Bonchev–Trinajstić information content (AvgIpc) is 2.69. The minimum atomic E-state index is -4.84. The van der Waals surface area contributed by atoms with Crippen LogP contribution in [-0.4, -0.2) is 24.4 Å². The summed E-state index contributed by atoms with van der Waals surface area (Å²) in [6.45, 7) is 3.29. The molecule has 0 aliphatic carbocycles. The van der Waals surface area contributed by atoms with Gasteiger partial charge in [-0.1, -0.05) is 62.4 Å². The number of alkyl halides is 3. The second-order valence-electron chi connectivity index (χ2n) is 6.80. The summed E-state index contributed by atoms with van der Waals surface area (Å²) in [4.78, 5) is 24.6. The van der Waals surface area contributed by atoms with E-state index in [2.05, 4.69) is 15.4 Å². The molecule has 2 amide bonds. The van der Waals surface area contributed by atoms with E-state index in [9.17, 15) is 22.8 Å². The molecule has 0 bridgehead atoms. The van der Waals surface area contributed by atoms with Crippen LogP contribution >= 0.6 is 0 Å². The van der Waals surface area contributed by atoms with Crippen LogP contribution in [0.4, 0.5) is 18.0 Å². The van der Waals surface area contributed by atoms with Crippen molar-refractivity contribution in [3.8, 4) is 5.75 Å². The molecule has 0 aromatic heterocycles. The van der Waals surface area contributed by atoms with Gasteiger partial charge in [0.25, 0.3) is 0 Å². The lowest BCUT2D eigenvalue weighted by Crippen LogP contribution is -2.49. The minimum Gasteiger partial charge on any atom is -0.445 e. The molecule has 9 heteroatoms. The number of halogens is 3. The highest BCUT2D eigenvalue weighted by Gasteiger charge is 2.32. The zero-order valence-electron chi connectivity index (χ0n) is 16.5. The Morgan fingerprint density at radius 2 is 1.63 bits per heavy atom. The van der Waals surface area contributed by atoms with Crippen LogP contribution in [0.25, 0.3) is 0 Å². The molecule has 6 nitrogen and oxygen atoms in total. The SMILES string of the molecule is CC(C)[C@H](NC(=O)OCc1ccccc1)C(=O)NCc1ccccc1OC(F)(F)F. The summed E-state index contributed by atoms with van der Waals surface area (Å²) >= 11 is 0. The third-order valence-electron chi connectivity index (χ3n) is 4.09. The molecule has 0 radical (unpaired) electrons. The number of carbonyl (C=O) groups is 2. The van der Waals surface area contributed by atoms with E-state index in [1.165, 1.54) is 18.2 Å². The summed E-state index contributed by atoms with van der Waals surface area (Å²) in [5, 5.41) is 5.02. The molecule has 0 unspecified atom stereocenters. The van der Waals surface area contributed by atoms with Gasteiger partial charge in [-0.2, -0.15) is 0 Å². The third-order valence-corrected chi connectivity index (χ3v) is 4.09. The van der Waals surface area contributed by atoms with Crippen LogP contribution in [0.15, 0.2) is 54.6 Å². The van der Waals surface area contributed by atoms with Crippen molar-refractivity contribution in [2.24, 2.45) is 5.92 Å². The molecule has 30 heavy (non-hydrogen) atoms. The summed E-state index contributed by atoms with van der Waals surface area (Å²) in [5.41, 5.74) is 0.941. The first-order valence-corrected chi connectivity index (χ1v) is 9.24. The number of rotatable bonds is 8. The van der Waals surface area contributed by atoms with E-state index in [1.54, 1.807) is 38.1 Å². The van der Waals surface area contributed by atoms with Crippen molar-refractivity contribution in [1.82, 2.24) is 10.6 Å². The van der Waals surface area contributed by atoms with Crippen molar-refractivity contribution >= 4 is 12.0 Å². The maximum Gasteiger partial charge on any atom is 0.573 e. The summed E-state index contributed by atoms with van der Waals surface area (Å²) < 4.78 is 46.7. The number of amides is 2. The Morgan fingerprint density at radius 3 is 2.27 bits per heavy atom. The van der Waals surface area contributed by atoms with Gasteiger partial charge in [-0.15, -0.1) is 13.2 Å². The Labute approximate surface area is 172 Å². The number of carbonyl (C=O) groups excluding carboxylic acids is 2. The van der Waals surface area contributed by atoms with Crippen molar-refractivity contribution < 1.29 is 32.2 Å². The fraction of sp³-hybridized carbons (Fsp3) is 0.333. The predicted octanol–water partition coefficient (Wildman–Crippen LogP) is 4.15. The Bertz CT molecular complexity index is 842. The van der Waals surface area contributed by atoms with Crippen LogP contribution in [0.5, 0.6) is 5.75 Å². The fourth-order valence-corrected chi connectivity index (χ4v) is 2.59. The number of ether oxygens (including phenoxy) is 2. The van der Waals surface area contributed by atoms with Gasteiger partial charge >= 0.3 is 12.5 Å². The summed E-state index contributed by atoms with van der Waals surface area (Å²) in [5.74, 6) is -1.24. The summed E-state index contributed by atoms with van der Waals surface area (Å²) in [7, 11) is 0. The monoisotopic (exact) mass is 424 g/mol. The van der Waals surface area contributed by atoms with Gasteiger partial charge in [0.2, 0.25) is 5.91 Å². The van der Waals surface area contributed by atoms with Crippen molar-refractivity contribution in [2.75, 3.05) is 0 Å². The number of hydrogen-bond donors (Lipinski definition) is 2. The molecular weight excluding hydrogens is 401 g/mol. The molecule has 0 spiro atoms. The van der Waals surface area contributed by atoms with E-state index in [-0.39, 0.29) is 24.6 Å². The Hall–Kier alpha value is -3.23. The second-order valence-corrected chi connectivity index (χ2v) is 6.80. The van der Waals surface area contributed by atoms with Gasteiger partial charge in [0.1, 0.15) is 18.4 Å². The standard InChI is InChI=1S/C21H23F3N2O4/c1-14(2)18(26-20(28)29-13-15-8-4-3-5-9-15)19(27)25-12-16-10-6-7-11-17(16)30-21(22,23)24/h3-11,14,18H,12-13H2,1-2H3,(H,25,27)(H,26,28)/t18-/m0/s1. The Balaban J connectivity index is 1.93. The Morgan fingerprint density at radius 1 is 1.00 bits per heavy atom. The highest BCUT2D eigenvalue weighted by atomic mass is 19.4. The van der Waals surface area contributed by atoms with Gasteiger partial charge in [0.05, 0.1) is 0 Å². The molecular formula is C21H23F3N2O4. The van der Waals surface area contributed by atoms with Gasteiger partial charge in [-0.05, 0) is 17.5 Å². The number of benzene rings is 2. The van der Waals surface area contributed by atoms with Crippen LogP contribution in [0, 0.1) is 5.92 Å². The van der Waals surface area contributed by atoms with Crippen molar-refractivity contribution in [3.05, 3.63) is 65.7 Å². The van der Waals surface area contributed by atoms with Crippen molar-refractivity contribution in [2.45, 2.75) is 39.4 Å². The van der Waals surface area contributed by atoms with Crippen LogP contribution in [0.2, 0.25) is 0 Å².